The molecule has 0 spiro atoms. The zero-order valence-corrected chi connectivity index (χ0v) is 20.0. The van der Waals surface area contributed by atoms with Crippen LogP contribution in [-0.2, 0) is 9.59 Å². The molecule has 0 saturated carbocycles. The number of fused-ring (bicyclic) bond motifs is 1. The molecule has 1 aliphatic heterocycles. The normalized spacial score (nSPS) is 16.9. The highest BCUT2D eigenvalue weighted by molar-refractivity contribution is 6.32. The van der Waals surface area contributed by atoms with Crippen molar-refractivity contribution in [2.75, 3.05) is 15.5 Å². The van der Waals surface area contributed by atoms with Crippen LogP contribution in [0.1, 0.15) is 44.4 Å². The standard InChI is InChI=1S/C27H25ClN4O2/c1-16-11-26(31-23-9-7-21(15-29)25(28)14-23)24-13-20(8-10-27(24)32(16)18(3)34)19-5-4-6-22(12-19)30-17(2)33/h4-10,12-14,16,26,31H,11H2,1-3H3,(H,30,33)/t16-,26+/m0/s1. The van der Waals surface area contributed by atoms with Gasteiger partial charge in [0.05, 0.1) is 16.6 Å². The number of rotatable bonds is 4. The Bertz CT molecular complexity index is 1310. The summed E-state index contributed by atoms with van der Waals surface area (Å²) in [7, 11) is 0. The van der Waals surface area contributed by atoms with E-state index in [-0.39, 0.29) is 23.9 Å². The zero-order valence-electron chi connectivity index (χ0n) is 19.2. The van der Waals surface area contributed by atoms with E-state index in [0.717, 1.165) is 33.8 Å². The first-order chi connectivity index (χ1) is 16.3. The van der Waals surface area contributed by atoms with Crippen LogP contribution in [0.2, 0.25) is 5.02 Å². The van der Waals surface area contributed by atoms with E-state index < -0.39 is 0 Å². The van der Waals surface area contributed by atoms with E-state index in [1.165, 1.54) is 6.92 Å². The van der Waals surface area contributed by atoms with Gasteiger partial charge in [0.1, 0.15) is 6.07 Å². The van der Waals surface area contributed by atoms with Crippen LogP contribution in [0.5, 0.6) is 0 Å². The van der Waals surface area contributed by atoms with Crippen LogP contribution in [0, 0.1) is 11.3 Å². The van der Waals surface area contributed by atoms with E-state index in [9.17, 15) is 9.59 Å². The maximum Gasteiger partial charge on any atom is 0.224 e. The van der Waals surface area contributed by atoms with Crippen molar-refractivity contribution >= 4 is 40.5 Å². The maximum atomic E-state index is 12.5. The Balaban J connectivity index is 1.76. The minimum absolute atomic E-state index is 0.00491. The Morgan fingerprint density at radius 1 is 1.03 bits per heavy atom. The molecule has 4 rings (SSSR count). The first-order valence-corrected chi connectivity index (χ1v) is 11.4. The van der Waals surface area contributed by atoms with E-state index in [1.54, 1.807) is 19.1 Å². The van der Waals surface area contributed by atoms with Crippen molar-refractivity contribution in [3.63, 3.8) is 0 Å². The molecule has 34 heavy (non-hydrogen) atoms. The fourth-order valence-electron chi connectivity index (χ4n) is 4.54. The van der Waals surface area contributed by atoms with E-state index in [0.29, 0.717) is 17.0 Å². The first kappa shape index (κ1) is 23.3. The fraction of sp³-hybridized carbons (Fsp3) is 0.222. The number of nitrogens with zero attached hydrogens (tertiary/aromatic N) is 2. The monoisotopic (exact) mass is 472 g/mol. The minimum Gasteiger partial charge on any atom is -0.378 e. The van der Waals surface area contributed by atoms with Crippen LogP contribution < -0.4 is 15.5 Å². The Kier molecular flexibility index (Phi) is 6.58. The number of amides is 2. The van der Waals surface area contributed by atoms with Gasteiger partial charge >= 0.3 is 0 Å². The van der Waals surface area contributed by atoms with Gasteiger partial charge in [-0.2, -0.15) is 5.26 Å². The average Bonchev–Trinajstić information content (AvgIpc) is 2.78. The molecule has 7 heteroatoms. The van der Waals surface area contributed by atoms with Crippen LogP contribution in [0.25, 0.3) is 11.1 Å². The summed E-state index contributed by atoms with van der Waals surface area (Å²) in [5.41, 5.74) is 5.76. The molecule has 0 aromatic heterocycles. The van der Waals surface area contributed by atoms with Crippen molar-refractivity contribution in [3.05, 3.63) is 76.8 Å². The van der Waals surface area contributed by atoms with E-state index in [2.05, 4.69) is 22.8 Å². The van der Waals surface area contributed by atoms with Gasteiger partial charge in [-0.3, -0.25) is 9.59 Å². The number of anilines is 3. The lowest BCUT2D eigenvalue weighted by molar-refractivity contribution is -0.117. The lowest BCUT2D eigenvalue weighted by Crippen LogP contribution is -2.43. The van der Waals surface area contributed by atoms with Gasteiger partial charge in [-0.05, 0) is 72.5 Å². The highest BCUT2D eigenvalue weighted by Gasteiger charge is 2.32. The summed E-state index contributed by atoms with van der Waals surface area (Å²) in [4.78, 5) is 25.8. The molecule has 2 N–H and O–H groups in total. The number of hydrogen-bond acceptors (Lipinski definition) is 4. The molecule has 6 nitrogen and oxygen atoms in total. The van der Waals surface area contributed by atoms with Gasteiger partial charge < -0.3 is 15.5 Å². The second-order valence-electron chi connectivity index (χ2n) is 8.51. The second kappa shape index (κ2) is 9.58. The molecule has 0 radical (unpaired) electrons. The van der Waals surface area contributed by atoms with E-state index >= 15 is 0 Å². The molecule has 3 aromatic carbocycles. The summed E-state index contributed by atoms with van der Waals surface area (Å²) < 4.78 is 0. The van der Waals surface area contributed by atoms with Gasteiger partial charge in [0, 0.05) is 37.0 Å². The smallest absolute Gasteiger partial charge is 0.224 e. The molecule has 0 unspecified atom stereocenters. The number of hydrogen-bond donors (Lipinski definition) is 2. The molecular weight excluding hydrogens is 448 g/mol. The molecule has 2 atom stereocenters. The zero-order chi connectivity index (χ0) is 24.4. The lowest BCUT2D eigenvalue weighted by atomic mass is 9.88. The summed E-state index contributed by atoms with van der Waals surface area (Å²) in [6.45, 7) is 5.10. The van der Waals surface area contributed by atoms with Gasteiger partial charge in [0.15, 0.2) is 0 Å². The molecule has 3 aromatic rings. The lowest BCUT2D eigenvalue weighted by Gasteiger charge is -2.39. The van der Waals surface area contributed by atoms with Crippen LogP contribution in [0.15, 0.2) is 60.7 Å². The Morgan fingerprint density at radius 2 is 1.79 bits per heavy atom. The largest absolute Gasteiger partial charge is 0.378 e. The summed E-state index contributed by atoms with van der Waals surface area (Å²) in [5.74, 6) is -0.131. The number of nitriles is 1. The van der Waals surface area contributed by atoms with E-state index in [1.807, 2.05) is 54.3 Å². The highest BCUT2D eigenvalue weighted by Crippen LogP contribution is 2.41. The number of halogens is 1. The van der Waals surface area contributed by atoms with E-state index in [4.69, 9.17) is 16.9 Å². The second-order valence-corrected chi connectivity index (χ2v) is 8.92. The van der Waals surface area contributed by atoms with Gasteiger partial charge in [-0.1, -0.05) is 29.8 Å². The Hall–Kier alpha value is -3.82. The van der Waals surface area contributed by atoms with Gasteiger partial charge in [0.25, 0.3) is 0 Å². The first-order valence-electron chi connectivity index (χ1n) is 11.0. The molecule has 0 bridgehead atoms. The van der Waals surface area contributed by atoms with Gasteiger partial charge in [-0.25, -0.2) is 0 Å². The Morgan fingerprint density at radius 3 is 2.47 bits per heavy atom. The van der Waals surface area contributed by atoms with Crippen molar-refractivity contribution in [1.82, 2.24) is 0 Å². The molecule has 2 amide bonds. The summed E-state index contributed by atoms with van der Waals surface area (Å²) >= 11 is 6.25. The van der Waals surface area contributed by atoms with Crippen LogP contribution >= 0.6 is 11.6 Å². The average molecular weight is 473 g/mol. The summed E-state index contributed by atoms with van der Waals surface area (Å²) in [5, 5.41) is 15.9. The van der Waals surface area contributed by atoms with Crippen molar-refractivity contribution in [2.45, 2.75) is 39.3 Å². The molecule has 1 aliphatic rings. The quantitative estimate of drug-likeness (QED) is 0.478. The van der Waals surface area contributed by atoms with Crippen molar-refractivity contribution in [1.29, 1.82) is 5.26 Å². The minimum atomic E-state index is -0.126. The fourth-order valence-corrected chi connectivity index (χ4v) is 4.76. The van der Waals surface area contributed by atoms with Crippen LogP contribution in [0.3, 0.4) is 0 Å². The predicted octanol–water partition coefficient (Wildman–Crippen LogP) is 6.14. The predicted molar refractivity (Wildman–Crippen MR) is 136 cm³/mol. The number of benzene rings is 3. The van der Waals surface area contributed by atoms with Crippen molar-refractivity contribution < 1.29 is 9.59 Å². The van der Waals surface area contributed by atoms with Crippen molar-refractivity contribution in [2.24, 2.45) is 0 Å². The SMILES string of the molecule is CC(=O)Nc1cccc(-c2ccc3c(c2)[C@H](Nc2ccc(C#N)c(Cl)c2)C[C@H](C)N3C(C)=O)c1. The van der Waals surface area contributed by atoms with Gasteiger partial charge in [-0.15, -0.1) is 0 Å². The molecule has 172 valence electrons. The maximum absolute atomic E-state index is 12.5. The van der Waals surface area contributed by atoms with Gasteiger partial charge in [0.2, 0.25) is 11.8 Å². The third-order valence-corrected chi connectivity index (χ3v) is 6.28. The Labute approximate surface area is 204 Å². The summed E-state index contributed by atoms with van der Waals surface area (Å²) in [6.07, 6.45) is 0.708. The molecule has 0 aliphatic carbocycles. The number of carbonyl (C=O) groups excluding carboxylic acids is 2. The van der Waals surface area contributed by atoms with Crippen LogP contribution in [-0.4, -0.2) is 17.9 Å². The van der Waals surface area contributed by atoms with Crippen LogP contribution in [0.4, 0.5) is 17.1 Å². The molecular formula is C27H25ClN4O2. The summed E-state index contributed by atoms with van der Waals surface area (Å²) in [6, 6.07) is 21.0. The topological polar surface area (TPSA) is 85.2 Å². The number of nitrogens with one attached hydrogen (secondary N) is 2. The highest BCUT2D eigenvalue weighted by atomic mass is 35.5. The molecule has 0 fully saturated rings. The molecule has 1 heterocycles. The van der Waals surface area contributed by atoms with Crippen molar-refractivity contribution in [3.8, 4) is 17.2 Å². The number of carbonyl (C=O) groups is 2. The third-order valence-electron chi connectivity index (χ3n) is 5.97. The third kappa shape index (κ3) is 4.75. The molecule has 0 saturated heterocycles.